The van der Waals surface area contributed by atoms with E-state index in [-0.39, 0.29) is 64.2 Å². The van der Waals surface area contributed by atoms with Crippen molar-refractivity contribution in [3.8, 4) is 17.0 Å². The zero-order valence-corrected chi connectivity index (χ0v) is 20.3. The minimum Gasteiger partial charge on any atom is -0.507 e. The van der Waals surface area contributed by atoms with Gasteiger partial charge in [-0.1, -0.05) is 24.2 Å². The molecule has 6 rings (SSSR count). The van der Waals surface area contributed by atoms with Gasteiger partial charge in [0, 0.05) is 24.9 Å². The molecule has 38 heavy (non-hydrogen) atoms. The lowest BCUT2D eigenvalue weighted by Gasteiger charge is -2.45. The smallest absolute Gasteiger partial charge is 0.278 e. The van der Waals surface area contributed by atoms with Crippen LogP contribution in [0.2, 0.25) is 5.02 Å². The molecule has 1 aliphatic carbocycles. The van der Waals surface area contributed by atoms with Crippen LogP contribution in [-0.4, -0.2) is 63.0 Å². The summed E-state index contributed by atoms with van der Waals surface area (Å²) in [5.41, 5.74) is -1.66. The van der Waals surface area contributed by atoms with Crippen molar-refractivity contribution in [2.75, 3.05) is 29.9 Å². The molecular formula is C25H19ClF3N5O4. The number of phenols is 1. The fourth-order valence-electron chi connectivity index (χ4n) is 5.20. The molecule has 0 spiro atoms. The molecule has 2 fully saturated rings. The molecule has 4 heterocycles. The van der Waals surface area contributed by atoms with E-state index in [4.69, 9.17) is 11.6 Å². The van der Waals surface area contributed by atoms with Gasteiger partial charge in [0.05, 0.1) is 28.5 Å². The van der Waals surface area contributed by atoms with Crippen molar-refractivity contribution in [2.24, 2.45) is 0 Å². The normalized spacial score (nSPS) is 21.5. The summed E-state index contributed by atoms with van der Waals surface area (Å²) in [6.07, 6.45) is 0.516. The molecule has 13 heteroatoms. The zero-order valence-electron chi connectivity index (χ0n) is 19.5. The summed E-state index contributed by atoms with van der Waals surface area (Å²) in [7, 11) is 0. The predicted molar refractivity (Wildman–Crippen MR) is 133 cm³/mol. The van der Waals surface area contributed by atoms with Gasteiger partial charge < -0.3 is 20.2 Å². The van der Waals surface area contributed by atoms with E-state index in [1.807, 2.05) is 0 Å². The van der Waals surface area contributed by atoms with Gasteiger partial charge in [0.1, 0.15) is 35.0 Å². The van der Waals surface area contributed by atoms with E-state index in [1.54, 1.807) is 4.90 Å². The molecule has 3 aromatic rings. The largest absolute Gasteiger partial charge is 0.507 e. The van der Waals surface area contributed by atoms with Crippen LogP contribution in [0, 0.1) is 5.82 Å². The van der Waals surface area contributed by atoms with Gasteiger partial charge in [-0.3, -0.25) is 19.0 Å². The number of alkyl halides is 2. The summed E-state index contributed by atoms with van der Waals surface area (Å²) >= 11 is 6.51. The van der Waals surface area contributed by atoms with E-state index in [2.05, 4.69) is 16.9 Å². The molecule has 2 aromatic heterocycles. The summed E-state index contributed by atoms with van der Waals surface area (Å²) in [5.74, 6) is -5.45. The third-order valence-corrected chi connectivity index (χ3v) is 7.43. The van der Waals surface area contributed by atoms with Gasteiger partial charge in [0.25, 0.3) is 11.5 Å². The molecule has 1 saturated heterocycles. The zero-order chi connectivity index (χ0) is 27.1. The Morgan fingerprint density at radius 3 is 2.68 bits per heavy atom. The molecule has 0 bridgehead atoms. The Morgan fingerprint density at radius 2 is 2.03 bits per heavy atom. The Morgan fingerprint density at radius 1 is 1.29 bits per heavy atom. The van der Waals surface area contributed by atoms with Crippen LogP contribution >= 0.6 is 11.6 Å². The second-order valence-electron chi connectivity index (χ2n) is 9.39. The van der Waals surface area contributed by atoms with E-state index in [1.165, 1.54) is 23.1 Å². The van der Waals surface area contributed by atoms with Gasteiger partial charge in [-0.05, 0) is 24.3 Å². The number of halogens is 4. The van der Waals surface area contributed by atoms with E-state index < -0.39 is 47.5 Å². The molecule has 196 valence electrons. The number of phenolic OH excluding ortho intramolecular Hbond substituents is 1. The van der Waals surface area contributed by atoms with E-state index in [0.717, 1.165) is 16.7 Å². The number of hydrogen-bond donors (Lipinski definition) is 2. The quantitative estimate of drug-likeness (QED) is 0.489. The standard InChI is InChI=1S/C25H19ClF3N5O4/c1-2-17(36)32-6-7-33-14(10-32)23(37)31-20-21(33)11-8-12(26)19(18-13(27)4-3-5-15(18)35)30-22(11)34(24(20)38)16-9-25(16,28)29/h2-5,8,14,16,35H,1,6-7,9-10H2,(H,31,37)/t14-,16?/m1/s1. The van der Waals surface area contributed by atoms with Crippen LogP contribution in [-0.2, 0) is 9.59 Å². The number of carbonyl (C=O) groups excluding carboxylic acids is 2. The molecule has 9 nitrogen and oxygen atoms in total. The van der Waals surface area contributed by atoms with Crippen LogP contribution in [0.5, 0.6) is 5.75 Å². The molecule has 1 aromatic carbocycles. The fourth-order valence-corrected chi connectivity index (χ4v) is 5.45. The molecule has 2 amide bonds. The number of anilines is 2. The molecule has 3 aliphatic rings. The van der Waals surface area contributed by atoms with Crippen LogP contribution in [0.1, 0.15) is 12.5 Å². The number of nitrogens with one attached hydrogen (secondary N) is 1. The number of carbonyl (C=O) groups is 2. The lowest BCUT2D eigenvalue weighted by molar-refractivity contribution is -0.128. The number of aromatic nitrogens is 2. The summed E-state index contributed by atoms with van der Waals surface area (Å²) in [5, 5.41) is 12.9. The monoisotopic (exact) mass is 545 g/mol. The van der Waals surface area contributed by atoms with Crippen molar-refractivity contribution in [2.45, 2.75) is 24.4 Å². The van der Waals surface area contributed by atoms with Crippen molar-refractivity contribution < 1.29 is 27.9 Å². The first-order valence-corrected chi connectivity index (χ1v) is 12.0. The minimum absolute atomic E-state index is 0.00371. The fraction of sp³-hybridized carbons (Fsp3) is 0.280. The number of nitrogens with zero attached hydrogens (tertiary/aromatic N) is 4. The highest BCUT2D eigenvalue weighted by molar-refractivity contribution is 6.34. The van der Waals surface area contributed by atoms with Crippen LogP contribution < -0.4 is 15.8 Å². The van der Waals surface area contributed by atoms with Crippen molar-refractivity contribution >= 4 is 45.8 Å². The van der Waals surface area contributed by atoms with Gasteiger partial charge in [0.15, 0.2) is 0 Å². The first kappa shape index (κ1) is 24.3. The Hall–Kier alpha value is -4.06. The van der Waals surface area contributed by atoms with Gasteiger partial charge in [-0.25, -0.2) is 18.2 Å². The second-order valence-corrected chi connectivity index (χ2v) is 9.80. The van der Waals surface area contributed by atoms with Crippen molar-refractivity contribution in [3.63, 3.8) is 0 Å². The van der Waals surface area contributed by atoms with Crippen molar-refractivity contribution in [3.05, 3.63) is 58.1 Å². The number of fused-ring (bicyclic) bond motifs is 5. The van der Waals surface area contributed by atoms with Crippen LogP contribution in [0.25, 0.3) is 22.3 Å². The maximum Gasteiger partial charge on any atom is 0.278 e. The van der Waals surface area contributed by atoms with E-state index in [0.29, 0.717) is 0 Å². The highest BCUT2D eigenvalue weighted by Gasteiger charge is 2.60. The van der Waals surface area contributed by atoms with Crippen LogP contribution in [0.3, 0.4) is 0 Å². The molecule has 0 radical (unpaired) electrons. The molecule has 1 saturated carbocycles. The summed E-state index contributed by atoms with van der Waals surface area (Å²) in [6, 6.07) is 2.52. The number of piperazine rings is 1. The lowest BCUT2D eigenvalue weighted by atomic mass is 10.0. The molecule has 2 atom stereocenters. The first-order chi connectivity index (χ1) is 18.0. The number of rotatable bonds is 3. The molecular weight excluding hydrogens is 527 g/mol. The molecule has 1 unspecified atom stereocenters. The number of amides is 2. The van der Waals surface area contributed by atoms with E-state index in [9.17, 15) is 32.7 Å². The summed E-state index contributed by atoms with van der Waals surface area (Å²) < 4.78 is 44.1. The minimum atomic E-state index is -3.19. The number of pyridine rings is 2. The third kappa shape index (κ3) is 3.46. The van der Waals surface area contributed by atoms with Gasteiger partial charge >= 0.3 is 0 Å². The average Bonchev–Trinajstić information content (AvgIpc) is 3.51. The topological polar surface area (TPSA) is 108 Å². The Kier molecular flexibility index (Phi) is 5.25. The first-order valence-electron chi connectivity index (χ1n) is 11.7. The maximum atomic E-state index is 14.7. The molecule has 2 N–H and O–H groups in total. The lowest BCUT2D eigenvalue weighted by Crippen LogP contribution is -2.61. The summed E-state index contributed by atoms with van der Waals surface area (Å²) in [6.45, 7) is 3.83. The van der Waals surface area contributed by atoms with Crippen LogP contribution in [0.15, 0.2) is 41.7 Å². The maximum absolute atomic E-state index is 14.7. The van der Waals surface area contributed by atoms with Gasteiger partial charge in [0.2, 0.25) is 11.8 Å². The SMILES string of the molecule is C=CC(=O)N1CCN2c3c(c(=O)n(C4CC4(F)F)c4nc(-c5c(O)cccc5F)c(Cl)cc34)NC(=O)[C@H]2C1. The number of benzene rings is 1. The number of hydrogen-bond acceptors (Lipinski definition) is 6. The Balaban J connectivity index is 1.62. The van der Waals surface area contributed by atoms with Crippen molar-refractivity contribution in [1.29, 1.82) is 0 Å². The summed E-state index contributed by atoms with van der Waals surface area (Å²) in [4.78, 5) is 46.2. The molecule has 2 aliphatic heterocycles. The highest BCUT2D eigenvalue weighted by Crippen LogP contribution is 2.54. The second kappa shape index (κ2) is 8.22. The van der Waals surface area contributed by atoms with Gasteiger partial charge in [-0.2, -0.15) is 0 Å². The number of aromatic hydroxyl groups is 1. The highest BCUT2D eigenvalue weighted by atomic mass is 35.5. The average molecular weight is 546 g/mol. The Bertz CT molecular complexity index is 1620. The van der Waals surface area contributed by atoms with Crippen molar-refractivity contribution in [1.82, 2.24) is 14.5 Å². The van der Waals surface area contributed by atoms with Gasteiger partial charge in [-0.15, -0.1) is 0 Å². The predicted octanol–water partition coefficient (Wildman–Crippen LogP) is 3.30. The Labute approximate surface area is 217 Å². The third-order valence-electron chi connectivity index (χ3n) is 7.15. The van der Waals surface area contributed by atoms with Crippen LogP contribution in [0.4, 0.5) is 24.5 Å². The van der Waals surface area contributed by atoms with E-state index >= 15 is 0 Å².